The normalized spacial score (nSPS) is 12.2. The number of rotatable bonds is 4. The van der Waals surface area contributed by atoms with E-state index in [9.17, 15) is 4.79 Å². The molecule has 0 aliphatic carbocycles. The number of aromatic amines is 1. The SMILES string of the molecule is C#Cc1ccc2c(CC(NC)C(=O)O)c[nH]c2c1. The summed E-state index contributed by atoms with van der Waals surface area (Å²) in [7, 11) is 1.64. The van der Waals surface area contributed by atoms with Crippen LogP contribution < -0.4 is 5.32 Å². The molecule has 92 valence electrons. The standard InChI is InChI=1S/C14H14N2O2/c1-3-9-4-5-11-10(8-16-12(11)6-9)7-13(15-2)14(17)18/h1,4-6,8,13,15-16H,7H2,2H3,(H,17,18). The minimum atomic E-state index is -0.855. The minimum Gasteiger partial charge on any atom is -0.480 e. The van der Waals surface area contributed by atoms with Crippen LogP contribution in [-0.4, -0.2) is 29.1 Å². The summed E-state index contributed by atoms with van der Waals surface area (Å²) >= 11 is 0. The second-order valence-corrected chi connectivity index (χ2v) is 4.10. The van der Waals surface area contributed by atoms with E-state index < -0.39 is 12.0 Å². The molecule has 0 amide bonds. The van der Waals surface area contributed by atoms with E-state index in [-0.39, 0.29) is 0 Å². The third-order valence-electron chi connectivity index (χ3n) is 3.00. The van der Waals surface area contributed by atoms with Crippen LogP contribution in [0, 0.1) is 12.3 Å². The molecule has 1 aromatic carbocycles. The van der Waals surface area contributed by atoms with Gasteiger partial charge in [-0.1, -0.05) is 12.0 Å². The molecule has 1 aromatic heterocycles. The number of fused-ring (bicyclic) bond motifs is 1. The van der Waals surface area contributed by atoms with Gasteiger partial charge in [-0.3, -0.25) is 4.79 Å². The van der Waals surface area contributed by atoms with Crippen LogP contribution in [0.2, 0.25) is 0 Å². The number of hydrogen-bond donors (Lipinski definition) is 3. The van der Waals surface area contributed by atoms with Crippen molar-refractivity contribution in [1.82, 2.24) is 10.3 Å². The lowest BCUT2D eigenvalue weighted by Crippen LogP contribution is -2.35. The lowest BCUT2D eigenvalue weighted by atomic mass is 10.0. The maximum Gasteiger partial charge on any atom is 0.321 e. The molecule has 2 aromatic rings. The fraction of sp³-hybridized carbons (Fsp3) is 0.214. The van der Waals surface area contributed by atoms with Crippen LogP contribution in [0.25, 0.3) is 10.9 Å². The zero-order valence-corrected chi connectivity index (χ0v) is 10.0. The molecule has 4 nitrogen and oxygen atoms in total. The van der Waals surface area contributed by atoms with E-state index in [0.717, 1.165) is 22.0 Å². The highest BCUT2D eigenvalue weighted by atomic mass is 16.4. The van der Waals surface area contributed by atoms with Gasteiger partial charge in [0.1, 0.15) is 6.04 Å². The first-order valence-electron chi connectivity index (χ1n) is 5.62. The first-order chi connectivity index (χ1) is 8.65. The number of nitrogens with one attached hydrogen (secondary N) is 2. The summed E-state index contributed by atoms with van der Waals surface area (Å²) in [6, 6.07) is 5.07. The fourth-order valence-corrected chi connectivity index (χ4v) is 1.98. The van der Waals surface area contributed by atoms with Gasteiger partial charge in [0.05, 0.1) is 0 Å². The molecule has 0 bridgehead atoms. The molecule has 0 spiro atoms. The molecule has 0 aliphatic heterocycles. The summed E-state index contributed by atoms with van der Waals surface area (Å²) in [6.45, 7) is 0. The second kappa shape index (κ2) is 4.94. The van der Waals surface area contributed by atoms with Crippen molar-refractivity contribution in [2.24, 2.45) is 0 Å². The highest BCUT2D eigenvalue weighted by Gasteiger charge is 2.17. The molecular weight excluding hydrogens is 228 g/mol. The van der Waals surface area contributed by atoms with E-state index in [0.29, 0.717) is 6.42 Å². The highest BCUT2D eigenvalue weighted by molar-refractivity contribution is 5.85. The predicted octanol–water partition coefficient (Wildman–Crippen LogP) is 1.36. The molecule has 1 atom stereocenters. The Labute approximate surface area is 105 Å². The maximum atomic E-state index is 11.0. The van der Waals surface area contributed by atoms with Crippen LogP contribution in [0.3, 0.4) is 0 Å². The van der Waals surface area contributed by atoms with Crippen LogP contribution in [0.15, 0.2) is 24.4 Å². The number of H-pyrrole nitrogens is 1. The van der Waals surface area contributed by atoms with E-state index in [2.05, 4.69) is 16.2 Å². The quantitative estimate of drug-likeness (QED) is 0.709. The van der Waals surface area contributed by atoms with Crippen molar-refractivity contribution in [3.05, 3.63) is 35.5 Å². The Bertz CT molecular complexity index is 622. The van der Waals surface area contributed by atoms with E-state index in [1.807, 2.05) is 24.4 Å². The second-order valence-electron chi connectivity index (χ2n) is 4.10. The van der Waals surface area contributed by atoms with Crippen molar-refractivity contribution >= 4 is 16.9 Å². The van der Waals surface area contributed by atoms with Gasteiger partial charge in [0.15, 0.2) is 0 Å². The van der Waals surface area contributed by atoms with Crippen molar-refractivity contribution < 1.29 is 9.90 Å². The smallest absolute Gasteiger partial charge is 0.321 e. The van der Waals surface area contributed by atoms with Crippen LogP contribution in [-0.2, 0) is 11.2 Å². The molecule has 0 aliphatic rings. The summed E-state index contributed by atoms with van der Waals surface area (Å²) in [6.07, 6.45) is 7.60. The molecule has 1 unspecified atom stereocenters. The number of aliphatic carboxylic acids is 1. The topological polar surface area (TPSA) is 65.1 Å². The Morgan fingerprint density at radius 3 is 3.00 bits per heavy atom. The maximum absolute atomic E-state index is 11.0. The predicted molar refractivity (Wildman–Crippen MR) is 70.4 cm³/mol. The van der Waals surface area contributed by atoms with Gasteiger partial charge in [-0.25, -0.2) is 0 Å². The first kappa shape index (κ1) is 12.2. The molecule has 0 saturated carbocycles. The lowest BCUT2D eigenvalue weighted by molar-refractivity contribution is -0.139. The van der Waals surface area contributed by atoms with Gasteiger partial charge in [-0.2, -0.15) is 0 Å². The van der Waals surface area contributed by atoms with E-state index in [4.69, 9.17) is 11.5 Å². The summed E-state index contributed by atoms with van der Waals surface area (Å²) in [5.74, 6) is 1.72. The van der Waals surface area contributed by atoms with E-state index in [1.54, 1.807) is 7.05 Å². The zero-order chi connectivity index (χ0) is 13.1. The number of hydrogen-bond acceptors (Lipinski definition) is 2. The molecule has 3 N–H and O–H groups in total. The van der Waals surface area contributed by atoms with Crippen LogP contribution in [0.5, 0.6) is 0 Å². The van der Waals surface area contributed by atoms with E-state index >= 15 is 0 Å². The summed E-state index contributed by atoms with van der Waals surface area (Å²) < 4.78 is 0. The van der Waals surface area contributed by atoms with Crippen LogP contribution in [0.1, 0.15) is 11.1 Å². The van der Waals surface area contributed by atoms with Crippen molar-refractivity contribution in [3.8, 4) is 12.3 Å². The Balaban J connectivity index is 2.35. The number of aromatic nitrogens is 1. The van der Waals surface area contributed by atoms with Gasteiger partial charge >= 0.3 is 5.97 Å². The highest BCUT2D eigenvalue weighted by Crippen LogP contribution is 2.20. The van der Waals surface area contributed by atoms with Crippen molar-refractivity contribution in [3.63, 3.8) is 0 Å². The monoisotopic (exact) mass is 242 g/mol. The molecule has 4 heteroatoms. The van der Waals surface area contributed by atoms with Gasteiger partial charge in [-0.05, 0) is 24.7 Å². The largest absolute Gasteiger partial charge is 0.480 e. The average molecular weight is 242 g/mol. The lowest BCUT2D eigenvalue weighted by Gasteiger charge is -2.09. The van der Waals surface area contributed by atoms with Crippen LogP contribution >= 0.6 is 0 Å². The third kappa shape index (κ3) is 2.22. The molecular formula is C14H14N2O2. The van der Waals surface area contributed by atoms with Crippen LogP contribution in [0.4, 0.5) is 0 Å². The molecule has 1 heterocycles. The summed E-state index contributed by atoms with van der Waals surface area (Å²) in [5.41, 5.74) is 2.70. The first-order valence-corrected chi connectivity index (χ1v) is 5.62. The van der Waals surface area contributed by atoms with Gasteiger partial charge in [0, 0.05) is 29.1 Å². The fourth-order valence-electron chi connectivity index (χ4n) is 1.98. The van der Waals surface area contributed by atoms with Gasteiger partial charge in [-0.15, -0.1) is 6.42 Å². The Hall–Kier alpha value is -2.25. The number of likely N-dealkylation sites (N-methyl/N-ethyl adjacent to an activating group) is 1. The number of benzene rings is 1. The third-order valence-corrected chi connectivity index (χ3v) is 3.00. The van der Waals surface area contributed by atoms with Gasteiger partial charge in [0.2, 0.25) is 0 Å². The van der Waals surface area contributed by atoms with Gasteiger partial charge < -0.3 is 15.4 Å². The molecule has 0 saturated heterocycles. The number of carboxylic acids is 1. The molecule has 0 radical (unpaired) electrons. The number of carbonyl (C=O) groups is 1. The molecule has 2 rings (SSSR count). The summed E-state index contributed by atoms with van der Waals surface area (Å²) in [4.78, 5) is 14.1. The Kier molecular flexibility index (Phi) is 3.35. The summed E-state index contributed by atoms with van der Waals surface area (Å²) in [5, 5.41) is 12.8. The van der Waals surface area contributed by atoms with Crippen molar-refractivity contribution in [1.29, 1.82) is 0 Å². The number of carboxylic acid groups (broad SMARTS) is 1. The Morgan fingerprint density at radius 2 is 2.39 bits per heavy atom. The average Bonchev–Trinajstić information content (AvgIpc) is 2.77. The molecule has 18 heavy (non-hydrogen) atoms. The van der Waals surface area contributed by atoms with Crippen molar-refractivity contribution in [2.45, 2.75) is 12.5 Å². The minimum absolute atomic E-state index is 0.432. The van der Waals surface area contributed by atoms with Crippen molar-refractivity contribution in [2.75, 3.05) is 7.05 Å². The Morgan fingerprint density at radius 1 is 1.61 bits per heavy atom. The molecule has 0 fully saturated rings. The van der Waals surface area contributed by atoms with E-state index in [1.165, 1.54) is 0 Å². The zero-order valence-electron chi connectivity index (χ0n) is 10.0. The number of terminal acetylenes is 1. The van der Waals surface area contributed by atoms with Gasteiger partial charge in [0.25, 0.3) is 0 Å².